The number of benzene rings is 2. The molecule has 0 radical (unpaired) electrons. The Hall–Kier alpha value is -2.78. The Balaban J connectivity index is 1.44. The highest BCUT2D eigenvalue weighted by atomic mass is 32.2. The lowest BCUT2D eigenvalue weighted by Gasteiger charge is -2.15. The second-order valence-electron chi connectivity index (χ2n) is 6.42. The van der Waals surface area contributed by atoms with Crippen LogP contribution in [0.25, 0.3) is 0 Å². The van der Waals surface area contributed by atoms with Crippen molar-refractivity contribution in [3.05, 3.63) is 60.2 Å². The molecule has 156 valence electrons. The van der Waals surface area contributed by atoms with Gasteiger partial charge in [-0.3, -0.25) is 4.18 Å². The van der Waals surface area contributed by atoms with Crippen LogP contribution in [0.2, 0.25) is 0 Å². The van der Waals surface area contributed by atoms with Crippen molar-refractivity contribution in [2.24, 2.45) is 0 Å². The topological polar surface area (TPSA) is 91.4 Å². The number of nitrogens with zero attached hydrogens (tertiary/aromatic N) is 1. The lowest BCUT2D eigenvalue weighted by Crippen LogP contribution is -2.30. The average Bonchev–Trinajstić information content (AvgIpc) is 3.07. The van der Waals surface area contributed by atoms with Gasteiger partial charge in [0.25, 0.3) is 10.1 Å². The molecule has 0 aromatic heterocycles. The van der Waals surface area contributed by atoms with Crippen LogP contribution in [0.5, 0.6) is 11.5 Å². The Labute approximate surface area is 170 Å². The molecule has 1 atom stereocenters. The maximum absolute atomic E-state index is 12.1. The maximum Gasteiger partial charge on any atom is 0.410 e. The minimum absolute atomic E-state index is 0.217. The number of cyclic esters (lactones) is 1. The van der Waals surface area contributed by atoms with Gasteiger partial charge in [-0.25, -0.2) is 4.79 Å². The molecular weight excluding hydrogens is 398 g/mol. The fraction of sp³-hybridized carbons (Fsp3) is 0.350. The zero-order chi connectivity index (χ0) is 20.7. The van der Waals surface area contributed by atoms with Crippen LogP contribution in [-0.2, 0) is 24.8 Å². The molecule has 9 heteroatoms. The number of ether oxygens (including phenoxy) is 3. The predicted molar refractivity (Wildman–Crippen MR) is 105 cm³/mol. The first-order chi connectivity index (χ1) is 14.0. The first-order valence-electron chi connectivity index (χ1n) is 9.09. The van der Waals surface area contributed by atoms with Crippen LogP contribution in [0.1, 0.15) is 5.56 Å². The average molecular weight is 421 g/mol. The third-order valence-corrected chi connectivity index (χ3v) is 5.44. The van der Waals surface area contributed by atoms with Crippen molar-refractivity contribution in [1.82, 2.24) is 4.90 Å². The molecule has 1 amide bonds. The van der Waals surface area contributed by atoms with E-state index < -0.39 is 22.3 Å². The van der Waals surface area contributed by atoms with Crippen molar-refractivity contribution in [1.29, 1.82) is 0 Å². The summed E-state index contributed by atoms with van der Waals surface area (Å²) < 4.78 is 45.3. The van der Waals surface area contributed by atoms with Gasteiger partial charge < -0.3 is 19.1 Å². The molecule has 0 saturated carbocycles. The molecule has 0 spiro atoms. The van der Waals surface area contributed by atoms with Crippen LogP contribution < -0.4 is 9.47 Å². The van der Waals surface area contributed by atoms with E-state index in [2.05, 4.69) is 0 Å². The monoisotopic (exact) mass is 421 g/mol. The molecule has 8 nitrogen and oxygen atoms in total. The lowest BCUT2D eigenvalue weighted by molar-refractivity contribution is 0.104. The van der Waals surface area contributed by atoms with E-state index in [0.717, 1.165) is 0 Å². The quantitative estimate of drug-likeness (QED) is 0.544. The SMILES string of the molecule is COc1ccccc1OCCN1C[C@H](COS(=O)(=O)Cc2ccccc2)OC1=O. The molecule has 2 aromatic rings. The standard InChI is InChI=1S/C20H23NO7S/c1-25-18-9-5-6-10-19(18)26-12-11-21-13-17(28-20(21)22)14-27-29(23,24)15-16-7-3-2-4-8-16/h2-10,17H,11-15H2,1H3/t17-/m1/s1. The summed E-state index contributed by atoms with van der Waals surface area (Å²) in [6.07, 6.45) is -1.18. The van der Waals surface area contributed by atoms with E-state index in [1.165, 1.54) is 4.90 Å². The molecule has 0 aliphatic carbocycles. The van der Waals surface area contributed by atoms with Crippen molar-refractivity contribution in [3.8, 4) is 11.5 Å². The second kappa shape index (κ2) is 9.62. The van der Waals surface area contributed by atoms with Gasteiger partial charge in [0.2, 0.25) is 0 Å². The molecular formula is C20H23NO7S. The Morgan fingerprint density at radius 2 is 1.76 bits per heavy atom. The van der Waals surface area contributed by atoms with Crippen LogP contribution in [-0.4, -0.2) is 58.9 Å². The Morgan fingerprint density at radius 1 is 1.07 bits per heavy atom. The molecule has 2 aromatic carbocycles. The zero-order valence-electron chi connectivity index (χ0n) is 16.0. The first kappa shape index (κ1) is 20.9. The van der Waals surface area contributed by atoms with Crippen LogP contribution in [0.15, 0.2) is 54.6 Å². The summed E-state index contributed by atoms with van der Waals surface area (Å²) in [4.78, 5) is 13.4. The number of carbonyl (C=O) groups is 1. The summed E-state index contributed by atoms with van der Waals surface area (Å²) in [5.41, 5.74) is 0.631. The fourth-order valence-electron chi connectivity index (χ4n) is 2.85. The largest absolute Gasteiger partial charge is 0.493 e. The molecule has 3 rings (SSSR count). The van der Waals surface area contributed by atoms with Gasteiger partial charge in [0.05, 0.1) is 20.2 Å². The predicted octanol–water partition coefficient (Wildman–Crippen LogP) is 2.44. The second-order valence-corrected chi connectivity index (χ2v) is 8.06. The minimum atomic E-state index is -3.77. The summed E-state index contributed by atoms with van der Waals surface area (Å²) in [6.45, 7) is 0.555. The van der Waals surface area contributed by atoms with Gasteiger partial charge >= 0.3 is 6.09 Å². The third kappa shape index (κ3) is 6.10. The van der Waals surface area contributed by atoms with Gasteiger partial charge in [-0.05, 0) is 17.7 Å². The molecule has 0 N–H and O–H groups in total. The zero-order valence-corrected chi connectivity index (χ0v) is 16.8. The van der Waals surface area contributed by atoms with Crippen molar-refractivity contribution in [2.45, 2.75) is 11.9 Å². The minimum Gasteiger partial charge on any atom is -0.493 e. The number of amides is 1. The number of para-hydroxylation sites is 2. The normalized spacial score (nSPS) is 16.5. The van der Waals surface area contributed by atoms with Gasteiger partial charge in [0.15, 0.2) is 11.5 Å². The van der Waals surface area contributed by atoms with Gasteiger partial charge in [0, 0.05) is 0 Å². The van der Waals surface area contributed by atoms with Gasteiger partial charge in [-0.15, -0.1) is 0 Å². The van der Waals surface area contributed by atoms with E-state index in [0.29, 0.717) is 23.6 Å². The van der Waals surface area contributed by atoms with E-state index in [9.17, 15) is 13.2 Å². The third-order valence-electron chi connectivity index (χ3n) is 4.26. The summed E-state index contributed by atoms with van der Waals surface area (Å²) in [7, 11) is -2.21. The Morgan fingerprint density at radius 3 is 2.48 bits per heavy atom. The van der Waals surface area contributed by atoms with Crippen molar-refractivity contribution >= 4 is 16.2 Å². The number of rotatable bonds is 10. The Bertz CT molecular complexity index is 917. The molecule has 1 aliphatic heterocycles. The summed E-state index contributed by atoms with van der Waals surface area (Å²) in [6, 6.07) is 16.0. The van der Waals surface area contributed by atoms with E-state index in [4.69, 9.17) is 18.4 Å². The van der Waals surface area contributed by atoms with Crippen molar-refractivity contribution in [3.63, 3.8) is 0 Å². The van der Waals surface area contributed by atoms with Crippen LogP contribution in [0.4, 0.5) is 4.79 Å². The number of methoxy groups -OCH3 is 1. The summed E-state index contributed by atoms with van der Waals surface area (Å²) in [5, 5.41) is 0. The lowest BCUT2D eigenvalue weighted by atomic mass is 10.2. The van der Waals surface area contributed by atoms with Gasteiger partial charge in [-0.2, -0.15) is 8.42 Å². The highest BCUT2D eigenvalue weighted by molar-refractivity contribution is 7.85. The van der Waals surface area contributed by atoms with Gasteiger partial charge in [0.1, 0.15) is 25.1 Å². The van der Waals surface area contributed by atoms with E-state index in [-0.39, 0.29) is 25.5 Å². The van der Waals surface area contributed by atoms with E-state index >= 15 is 0 Å². The smallest absolute Gasteiger partial charge is 0.410 e. The summed E-state index contributed by atoms with van der Waals surface area (Å²) >= 11 is 0. The van der Waals surface area contributed by atoms with Gasteiger partial charge in [-0.1, -0.05) is 42.5 Å². The van der Waals surface area contributed by atoms with Crippen molar-refractivity contribution in [2.75, 3.05) is 33.4 Å². The Kier molecular flexibility index (Phi) is 6.95. The van der Waals surface area contributed by atoms with E-state index in [1.54, 1.807) is 49.6 Å². The molecule has 0 bridgehead atoms. The molecule has 0 unspecified atom stereocenters. The molecule has 1 heterocycles. The molecule has 29 heavy (non-hydrogen) atoms. The number of hydrogen-bond acceptors (Lipinski definition) is 7. The maximum atomic E-state index is 12.1. The number of carbonyl (C=O) groups excluding carboxylic acids is 1. The van der Waals surface area contributed by atoms with Crippen LogP contribution >= 0.6 is 0 Å². The highest BCUT2D eigenvalue weighted by Crippen LogP contribution is 2.25. The molecule has 1 saturated heterocycles. The molecule has 1 fully saturated rings. The first-order valence-corrected chi connectivity index (χ1v) is 10.7. The van der Waals surface area contributed by atoms with Crippen LogP contribution in [0.3, 0.4) is 0 Å². The van der Waals surface area contributed by atoms with E-state index in [1.807, 2.05) is 12.1 Å². The fourth-order valence-corrected chi connectivity index (χ4v) is 3.89. The highest BCUT2D eigenvalue weighted by Gasteiger charge is 2.32. The summed E-state index contributed by atoms with van der Waals surface area (Å²) in [5.74, 6) is 0.950. The number of hydrogen-bond donors (Lipinski definition) is 0. The van der Waals surface area contributed by atoms with Crippen LogP contribution in [0, 0.1) is 0 Å². The van der Waals surface area contributed by atoms with Crippen molar-refractivity contribution < 1.29 is 31.6 Å². The molecule has 1 aliphatic rings.